The zero-order chi connectivity index (χ0) is 15.6. The van der Waals surface area contributed by atoms with E-state index in [-0.39, 0.29) is 0 Å². The molecule has 0 saturated carbocycles. The lowest BCUT2D eigenvalue weighted by molar-refractivity contribution is 0.714. The van der Waals surface area contributed by atoms with Crippen molar-refractivity contribution in [1.82, 2.24) is 24.3 Å². The van der Waals surface area contributed by atoms with E-state index in [2.05, 4.69) is 20.7 Å². The van der Waals surface area contributed by atoms with Crippen LogP contribution in [0.2, 0.25) is 0 Å². The van der Waals surface area contributed by atoms with Crippen molar-refractivity contribution < 1.29 is 0 Å². The second-order valence-corrected chi connectivity index (χ2v) is 6.08. The number of rotatable bonds is 4. The van der Waals surface area contributed by atoms with Crippen molar-refractivity contribution in [3.05, 3.63) is 66.6 Å². The van der Waals surface area contributed by atoms with E-state index in [1.807, 2.05) is 60.4 Å². The number of hydrogen-bond donors (Lipinski definition) is 0. The summed E-state index contributed by atoms with van der Waals surface area (Å²) in [6.45, 7) is 0. The lowest BCUT2D eigenvalue weighted by Gasteiger charge is -2.08. The Balaban J connectivity index is 1.78. The minimum absolute atomic E-state index is 0.780. The van der Waals surface area contributed by atoms with Crippen LogP contribution in [0.15, 0.2) is 66.1 Å². The maximum Gasteiger partial charge on any atom is 0.175 e. The molecule has 5 nitrogen and oxygen atoms in total. The van der Waals surface area contributed by atoms with Gasteiger partial charge in [0.1, 0.15) is 5.82 Å². The van der Waals surface area contributed by atoms with Crippen LogP contribution >= 0.6 is 11.8 Å². The summed E-state index contributed by atoms with van der Waals surface area (Å²) in [4.78, 5) is 9.16. The van der Waals surface area contributed by atoms with Crippen molar-refractivity contribution in [2.45, 2.75) is 10.9 Å². The predicted octanol–water partition coefficient (Wildman–Crippen LogP) is 3.45. The van der Waals surface area contributed by atoms with E-state index >= 15 is 0 Å². The quantitative estimate of drug-likeness (QED) is 0.540. The van der Waals surface area contributed by atoms with Gasteiger partial charge in [0.05, 0.1) is 22.9 Å². The van der Waals surface area contributed by atoms with Crippen molar-refractivity contribution >= 4 is 22.8 Å². The average molecular weight is 321 g/mol. The van der Waals surface area contributed by atoms with Gasteiger partial charge in [0, 0.05) is 25.1 Å². The Hall–Kier alpha value is -2.60. The number of para-hydroxylation sites is 2. The van der Waals surface area contributed by atoms with Gasteiger partial charge in [0.2, 0.25) is 0 Å². The number of pyridine rings is 1. The van der Waals surface area contributed by atoms with Crippen molar-refractivity contribution in [2.75, 3.05) is 0 Å². The summed E-state index contributed by atoms with van der Waals surface area (Å²) < 4.78 is 4.01. The summed E-state index contributed by atoms with van der Waals surface area (Å²) in [6.07, 6.45) is 3.62. The molecule has 0 fully saturated rings. The van der Waals surface area contributed by atoms with Gasteiger partial charge in [-0.2, -0.15) is 5.10 Å². The fourth-order valence-corrected chi connectivity index (χ4v) is 3.46. The molecule has 0 aliphatic carbocycles. The Morgan fingerprint density at radius 2 is 1.87 bits per heavy atom. The molecule has 6 heteroatoms. The van der Waals surface area contributed by atoms with Gasteiger partial charge in [0.25, 0.3) is 0 Å². The van der Waals surface area contributed by atoms with Gasteiger partial charge in [-0.1, -0.05) is 30.0 Å². The first-order chi connectivity index (χ1) is 11.3. The Bertz CT molecular complexity index is 942. The molecule has 1 aromatic carbocycles. The van der Waals surface area contributed by atoms with Crippen LogP contribution in [0.3, 0.4) is 0 Å². The van der Waals surface area contributed by atoms with E-state index in [1.54, 1.807) is 18.0 Å². The van der Waals surface area contributed by atoms with Crippen molar-refractivity contribution in [3.8, 4) is 5.82 Å². The second-order valence-electron chi connectivity index (χ2n) is 5.14. The highest BCUT2D eigenvalue weighted by Crippen LogP contribution is 2.29. The van der Waals surface area contributed by atoms with Gasteiger partial charge < -0.3 is 0 Å². The Morgan fingerprint density at radius 3 is 2.65 bits per heavy atom. The van der Waals surface area contributed by atoms with E-state index in [0.29, 0.717) is 0 Å². The topological polar surface area (TPSA) is 48.5 Å². The minimum atomic E-state index is 0.780. The van der Waals surface area contributed by atoms with Crippen LogP contribution in [0, 0.1) is 0 Å². The third kappa shape index (κ3) is 2.61. The molecule has 0 amide bonds. The number of thioether (sulfide) groups is 1. The molecule has 3 aromatic heterocycles. The van der Waals surface area contributed by atoms with Gasteiger partial charge in [-0.25, -0.2) is 4.98 Å². The van der Waals surface area contributed by atoms with Crippen LogP contribution < -0.4 is 0 Å². The third-order valence-corrected chi connectivity index (χ3v) is 4.60. The summed E-state index contributed by atoms with van der Waals surface area (Å²) in [7, 11) is 1.94. The average Bonchev–Trinajstić information content (AvgIpc) is 3.16. The summed E-state index contributed by atoms with van der Waals surface area (Å²) in [5.74, 6) is 1.78. The maximum absolute atomic E-state index is 4.78. The maximum atomic E-state index is 4.78. The normalized spacial score (nSPS) is 11.2. The van der Waals surface area contributed by atoms with Gasteiger partial charge in [-0.15, -0.1) is 0 Å². The summed E-state index contributed by atoms with van der Waals surface area (Å²) >= 11 is 1.68. The molecule has 23 heavy (non-hydrogen) atoms. The SMILES string of the molecule is Cn1nccc1-n1c(SCc2ccccn2)nc2ccccc21. The van der Waals surface area contributed by atoms with E-state index in [1.165, 1.54) is 0 Å². The number of benzene rings is 1. The summed E-state index contributed by atoms with van der Waals surface area (Å²) in [5.41, 5.74) is 3.11. The summed E-state index contributed by atoms with van der Waals surface area (Å²) in [5, 5.41) is 5.23. The van der Waals surface area contributed by atoms with Crippen LogP contribution in [-0.4, -0.2) is 24.3 Å². The second kappa shape index (κ2) is 5.89. The van der Waals surface area contributed by atoms with E-state index in [9.17, 15) is 0 Å². The van der Waals surface area contributed by atoms with Gasteiger partial charge in [-0.05, 0) is 24.3 Å². The molecular formula is C17H15N5S. The van der Waals surface area contributed by atoms with Crippen molar-refractivity contribution in [1.29, 1.82) is 0 Å². The lowest BCUT2D eigenvalue weighted by Crippen LogP contribution is -2.04. The molecule has 0 saturated heterocycles. The standard InChI is InChI=1S/C17H15N5S/c1-21-16(9-11-19-21)22-15-8-3-2-7-14(15)20-17(22)23-12-13-6-4-5-10-18-13/h2-11H,12H2,1H3. The molecule has 0 bridgehead atoms. The van der Waals surface area contributed by atoms with Crippen molar-refractivity contribution in [3.63, 3.8) is 0 Å². The Labute approximate surface area is 138 Å². The molecular weight excluding hydrogens is 306 g/mol. The highest BCUT2D eigenvalue weighted by Gasteiger charge is 2.15. The van der Waals surface area contributed by atoms with Gasteiger partial charge in [0.15, 0.2) is 5.16 Å². The Kier molecular flexibility index (Phi) is 3.59. The molecule has 4 rings (SSSR count). The van der Waals surface area contributed by atoms with E-state index in [0.717, 1.165) is 33.5 Å². The Morgan fingerprint density at radius 1 is 1.00 bits per heavy atom. The summed E-state index contributed by atoms with van der Waals surface area (Å²) in [6, 6.07) is 16.1. The molecule has 3 heterocycles. The lowest BCUT2D eigenvalue weighted by atomic mass is 10.3. The monoisotopic (exact) mass is 321 g/mol. The first-order valence-corrected chi connectivity index (χ1v) is 8.30. The van der Waals surface area contributed by atoms with Crippen LogP contribution in [0.5, 0.6) is 0 Å². The molecule has 0 radical (unpaired) electrons. The molecule has 0 N–H and O–H groups in total. The zero-order valence-corrected chi connectivity index (χ0v) is 13.4. The number of aryl methyl sites for hydroxylation is 1. The first-order valence-electron chi connectivity index (χ1n) is 7.31. The highest BCUT2D eigenvalue weighted by molar-refractivity contribution is 7.98. The number of hydrogen-bond acceptors (Lipinski definition) is 4. The fraction of sp³-hybridized carbons (Fsp3) is 0.118. The molecule has 114 valence electrons. The van der Waals surface area contributed by atoms with E-state index in [4.69, 9.17) is 4.98 Å². The minimum Gasteiger partial charge on any atom is -0.271 e. The molecule has 0 aliphatic rings. The predicted molar refractivity (Wildman–Crippen MR) is 91.6 cm³/mol. The first kappa shape index (κ1) is 14.0. The number of aromatic nitrogens is 5. The number of nitrogens with zero attached hydrogens (tertiary/aromatic N) is 5. The number of imidazole rings is 1. The highest BCUT2D eigenvalue weighted by atomic mass is 32.2. The third-order valence-electron chi connectivity index (χ3n) is 3.63. The van der Waals surface area contributed by atoms with Crippen LogP contribution in [0.1, 0.15) is 5.69 Å². The molecule has 0 atom stereocenters. The van der Waals surface area contributed by atoms with Gasteiger partial charge >= 0.3 is 0 Å². The smallest absolute Gasteiger partial charge is 0.175 e. The largest absolute Gasteiger partial charge is 0.271 e. The fourth-order valence-electron chi connectivity index (χ4n) is 2.53. The zero-order valence-electron chi connectivity index (χ0n) is 12.6. The molecule has 0 spiro atoms. The molecule has 0 unspecified atom stereocenters. The van der Waals surface area contributed by atoms with Crippen LogP contribution in [0.25, 0.3) is 16.9 Å². The van der Waals surface area contributed by atoms with Crippen LogP contribution in [0.4, 0.5) is 0 Å². The van der Waals surface area contributed by atoms with Gasteiger partial charge in [-0.3, -0.25) is 14.2 Å². The van der Waals surface area contributed by atoms with Crippen molar-refractivity contribution in [2.24, 2.45) is 7.05 Å². The van der Waals surface area contributed by atoms with E-state index < -0.39 is 0 Å². The molecule has 4 aromatic rings. The number of fused-ring (bicyclic) bond motifs is 1. The molecule has 0 aliphatic heterocycles. The van der Waals surface area contributed by atoms with Crippen LogP contribution in [-0.2, 0) is 12.8 Å².